The van der Waals surface area contributed by atoms with Crippen molar-refractivity contribution in [2.24, 2.45) is 10.2 Å². The van der Waals surface area contributed by atoms with Gasteiger partial charge in [-0.2, -0.15) is 0 Å². The first-order chi connectivity index (χ1) is 6.33. The van der Waals surface area contributed by atoms with Crippen LogP contribution in [0.1, 0.15) is 6.92 Å². The molecule has 4 nitrogen and oxygen atoms in total. The van der Waals surface area contributed by atoms with Gasteiger partial charge in [-0.1, -0.05) is 23.3 Å². The Labute approximate surface area is 76.2 Å². The number of rotatable bonds is 2. The molecule has 1 aromatic carbocycles. The van der Waals surface area contributed by atoms with Crippen molar-refractivity contribution in [1.29, 1.82) is 0 Å². The summed E-state index contributed by atoms with van der Waals surface area (Å²) in [6.45, 7) is 2.03. The molecule has 0 unspecified atom stereocenters. The third kappa shape index (κ3) is 3.46. The van der Waals surface area contributed by atoms with Gasteiger partial charge in [0, 0.05) is 0 Å². The lowest BCUT2D eigenvalue weighted by atomic mass is 10.3. The molecule has 13 heavy (non-hydrogen) atoms. The van der Waals surface area contributed by atoms with Gasteiger partial charge in [0.1, 0.15) is 0 Å². The van der Waals surface area contributed by atoms with Crippen LogP contribution in [-0.2, 0) is 4.74 Å². The zero-order valence-electron chi connectivity index (χ0n) is 7.30. The van der Waals surface area contributed by atoms with Gasteiger partial charge in [0.25, 0.3) is 0 Å². The van der Waals surface area contributed by atoms with Crippen LogP contribution in [0.5, 0.6) is 0 Å². The molecule has 0 bridgehead atoms. The van der Waals surface area contributed by atoms with Gasteiger partial charge in [-0.3, -0.25) is 0 Å². The zero-order valence-corrected chi connectivity index (χ0v) is 7.30. The van der Waals surface area contributed by atoms with E-state index in [1.165, 1.54) is 0 Å². The Morgan fingerprint density at radius 2 is 2.08 bits per heavy atom. The minimum absolute atomic E-state index is 0.312. The third-order valence-electron chi connectivity index (χ3n) is 1.27. The molecule has 0 radical (unpaired) electrons. The number of nitrogens with zero attached hydrogens (tertiary/aromatic N) is 2. The van der Waals surface area contributed by atoms with E-state index in [2.05, 4.69) is 15.0 Å². The normalized spacial score (nSPS) is 10.2. The summed E-state index contributed by atoms with van der Waals surface area (Å²) in [6.07, 6.45) is -0.661. The number of ether oxygens (including phenoxy) is 1. The lowest BCUT2D eigenvalue weighted by molar-refractivity contribution is 0.162. The molecule has 0 aliphatic rings. The predicted octanol–water partition coefficient (Wildman–Crippen LogP) is 2.93. The Hall–Kier alpha value is -1.71. The summed E-state index contributed by atoms with van der Waals surface area (Å²) >= 11 is 0. The van der Waals surface area contributed by atoms with Crippen LogP contribution in [0.15, 0.2) is 40.6 Å². The van der Waals surface area contributed by atoms with E-state index in [9.17, 15) is 4.79 Å². The van der Waals surface area contributed by atoms with Crippen LogP contribution >= 0.6 is 0 Å². The molecule has 0 heterocycles. The molecule has 0 aliphatic carbocycles. The molecular formula is C9H10N2O2. The number of hydrogen-bond donors (Lipinski definition) is 0. The van der Waals surface area contributed by atoms with Crippen LogP contribution in [0.3, 0.4) is 0 Å². The Morgan fingerprint density at radius 3 is 2.69 bits per heavy atom. The van der Waals surface area contributed by atoms with E-state index in [-0.39, 0.29) is 0 Å². The molecule has 1 rings (SSSR count). The summed E-state index contributed by atoms with van der Waals surface area (Å²) < 4.78 is 4.56. The van der Waals surface area contributed by atoms with E-state index >= 15 is 0 Å². The molecule has 1 amide bonds. The fraction of sp³-hybridized carbons (Fsp3) is 0.222. The quantitative estimate of drug-likeness (QED) is 0.653. The van der Waals surface area contributed by atoms with E-state index in [4.69, 9.17) is 0 Å². The monoisotopic (exact) mass is 178 g/mol. The third-order valence-corrected chi connectivity index (χ3v) is 1.27. The maximum absolute atomic E-state index is 10.7. The lowest BCUT2D eigenvalue weighted by Gasteiger charge is -1.92. The van der Waals surface area contributed by atoms with E-state index < -0.39 is 6.09 Å². The van der Waals surface area contributed by atoms with Gasteiger partial charge in [-0.15, -0.1) is 5.11 Å². The van der Waals surface area contributed by atoms with Gasteiger partial charge in [-0.25, -0.2) is 4.79 Å². The van der Waals surface area contributed by atoms with Crippen molar-refractivity contribution >= 4 is 11.8 Å². The summed E-state index contributed by atoms with van der Waals surface area (Å²) in [5.41, 5.74) is 0.635. The molecule has 0 aliphatic heterocycles. The Morgan fingerprint density at radius 1 is 1.38 bits per heavy atom. The van der Waals surface area contributed by atoms with E-state index in [0.29, 0.717) is 12.3 Å². The largest absolute Gasteiger partial charge is 0.452 e. The molecule has 0 saturated carbocycles. The van der Waals surface area contributed by atoms with Gasteiger partial charge >= 0.3 is 6.09 Å². The molecule has 4 heteroatoms. The maximum atomic E-state index is 10.7. The predicted molar refractivity (Wildman–Crippen MR) is 48.0 cm³/mol. The molecule has 0 atom stereocenters. The first-order valence-electron chi connectivity index (χ1n) is 3.96. The number of carbonyl (C=O) groups is 1. The van der Waals surface area contributed by atoms with Crippen LogP contribution < -0.4 is 0 Å². The fourth-order valence-corrected chi connectivity index (χ4v) is 0.746. The standard InChI is InChI=1S/C9H10N2O2/c1-2-13-9(12)11-10-8-6-4-3-5-7-8/h3-7H,2H2,1H3/b11-10+. The number of amides is 1. The van der Waals surface area contributed by atoms with Gasteiger partial charge < -0.3 is 4.74 Å². The minimum Gasteiger partial charge on any atom is -0.447 e. The molecule has 1 aromatic rings. The average molecular weight is 178 g/mol. The topological polar surface area (TPSA) is 51.0 Å². The molecular weight excluding hydrogens is 168 g/mol. The lowest BCUT2D eigenvalue weighted by Crippen LogP contribution is -1.95. The average Bonchev–Trinajstić information content (AvgIpc) is 2.17. The van der Waals surface area contributed by atoms with Crippen molar-refractivity contribution in [3.8, 4) is 0 Å². The van der Waals surface area contributed by atoms with Crippen molar-refractivity contribution in [1.82, 2.24) is 0 Å². The molecule has 0 fully saturated rings. The molecule has 0 N–H and O–H groups in total. The second kappa shape index (κ2) is 5.03. The van der Waals surface area contributed by atoms with Crippen LogP contribution in [0.4, 0.5) is 10.5 Å². The van der Waals surface area contributed by atoms with Crippen molar-refractivity contribution in [2.75, 3.05) is 6.61 Å². The SMILES string of the molecule is CCOC(=O)/N=N/c1ccccc1. The zero-order chi connectivity index (χ0) is 9.52. The molecule has 68 valence electrons. The Balaban J connectivity index is 2.54. The van der Waals surface area contributed by atoms with Crippen LogP contribution in [-0.4, -0.2) is 12.7 Å². The smallest absolute Gasteiger partial charge is 0.447 e. The molecule has 0 aromatic heterocycles. The van der Waals surface area contributed by atoms with E-state index in [1.54, 1.807) is 19.1 Å². The molecule has 0 saturated heterocycles. The van der Waals surface area contributed by atoms with Gasteiger partial charge in [-0.05, 0) is 19.1 Å². The van der Waals surface area contributed by atoms with Gasteiger partial charge in [0.2, 0.25) is 0 Å². The highest BCUT2D eigenvalue weighted by atomic mass is 16.5. The highest BCUT2D eigenvalue weighted by molar-refractivity contribution is 5.67. The Kier molecular flexibility index (Phi) is 3.63. The van der Waals surface area contributed by atoms with Crippen LogP contribution in [0, 0.1) is 0 Å². The summed E-state index contributed by atoms with van der Waals surface area (Å²) in [7, 11) is 0. The summed E-state index contributed by atoms with van der Waals surface area (Å²) in [4.78, 5) is 10.7. The highest BCUT2D eigenvalue weighted by Gasteiger charge is 1.95. The summed E-state index contributed by atoms with van der Waals surface area (Å²) in [6, 6.07) is 9.01. The maximum Gasteiger partial charge on any atom is 0.452 e. The second-order valence-electron chi connectivity index (χ2n) is 2.23. The number of hydrogen-bond acceptors (Lipinski definition) is 3. The summed E-state index contributed by atoms with van der Waals surface area (Å²) in [5.74, 6) is 0. The van der Waals surface area contributed by atoms with Gasteiger partial charge in [0.05, 0.1) is 12.3 Å². The minimum atomic E-state index is -0.661. The second-order valence-corrected chi connectivity index (χ2v) is 2.23. The van der Waals surface area contributed by atoms with E-state index in [0.717, 1.165) is 0 Å². The van der Waals surface area contributed by atoms with Gasteiger partial charge in [0.15, 0.2) is 0 Å². The van der Waals surface area contributed by atoms with Crippen molar-refractivity contribution in [2.45, 2.75) is 6.92 Å². The number of azo groups is 1. The van der Waals surface area contributed by atoms with Crippen molar-refractivity contribution < 1.29 is 9.53 Å². The van der Waals surface area contributed by atoms with Crippen LogP contribution in [0.25, 0.3) is 0 Å². The number of carbonyl (C=O) groups excluding carboxylic acids is 1. The first-order valence-corrected chi connectivity index (χ1v) is 3.96. The summed E-state index contributed by atoms with van der Waals surface area (Å²) in [5, 5.41) is 7.02. The highest BCUT2D eigenvalue weighted by Crippen LogP contribution is 2.10. The van der Waals surface area contributed by atoms with Crippen molar-refractivity contribution in [3.63, 3.8) is 0 Å². The van der Waals surface area contributed by atoms with E-state index in [1.807, 2.05) is 18.2 Å². The number of benzene rings is 1. The first kappa shape index (κ1) is 9.38. The fourth-order valence-electron chi connectivity index (χ4n) is 0.746. The Bertz CT molecular complexity index is 296. The van der Waals surface area contributed by atoms with Crippen LogP contribution in [0.2, 0.25) is 0 Å². The molecule has 0 spiro atoms. The van der Waals surface area contributed by atoms with Crippen molar-refractivity contribution in [3.05, 3.63) is 30.3 Å².